The van der Waals surface area contributed by atoms with Crippen molar-refractivity contribution in [2.45, 2.75) is 50.8 Å². The maximum Gasteiger partial charge on any atom is 0.269 e. The lowest BCUT2D eigenvalue weighted by Crippen LogP contribution is -2.63. The molecule has 32 heavy (non-hydrogen) atoms. The number of ether oxygens (including phenoxy) is 1. The average molecular weight is 443 g/mol. The van der Waals surface area contributed by atoms with Gasteiger partial charge in [-0.15, -0.1) is 0 Å². The van der Waals surface area contributed by atoms with Gasteiger partial charge in [0.15, 0.2) is 0 Å². The average Bonchev–Trinajstić information content (AvgIpc) is 2.76. The van der Waals surface area contributed by atoms with Gasteiger partial charge >= 0.3 is 0 Å². The topological polar surface area (TPSA) is 128 Å². The normalized spacial score (nSPS) is 36.1. The van der Waals surface area contributed by atoms with E-state index in [1.165, 1.54) is 12.1 Å². The van der Waals surface area contributed by atoms with Crippen molar-refractivity contribution in [2.24, 2.45) is 28.9 Å². The largest absolute Gasteiger partial charge is 0.369 e. The molecule has 4 bridgehead atoms. The van der Waals surface area contributed by atoms with Crippen LogP contribution in [0.4, 0.5) is 5.69 Å². The highest BCUT2D eigenvalue weighted by Crippen LogP contribution is 2.59. The smallest absolute Gasteiger partial charge is 0.269 e. The summed E-state index contributed by atoms with van der Waals surface area (Å²) in [5.74, 6) is 0.939. The molecule has 9 nitrogen and oxygen atoms in total. The second-order valence-corrected chi connectivity index (χ2v) is 10.2. The summed E-state index contributed by atoms with van der Waals surface area (Å²) < 4.78 is 5.79. The summed E-state index contributed by atoms with van der Waals surface area (Å²) in [7, 11) is 0. The number of carbonyl (C=O) groups excluding carboxylic acids is 2. The SMILES string of the molecule is NC(=O)C12CC3CC(C1)C(NC(=O)C1CN(Cc4ccc([N+](=O)[O-])cc4)CCO1)C(C3)C2. The predicted octanol–water partition coefficient (Wildman–Crippen LogP) is 1.59. The van der Waals surface area contributed by atoms with E-state index in [4.69, 9.17) is 10.5 Å². The summed E-state index contributed by atoms with van der Waals surface area (Å²) in [5.41, 5.74) is 6.45. The highest BCUT2D eigenvalue weighted by Gasteiger charge is 2.58. The molecule has 1 aliphatic heterocycles. The van der Waals surface area contributed by atoms with Gasteiger partial charge < -0.3 is 15.8 Å². The maximum absolute atomic E-state index is 13.1. The third-order valence-electron chi connectivity index (χ3n) is 8.10. The van der Waals surface area contributed by atoms with Gasteiger partial charge in [-0.25, -0.2) is 0 Å². The minimum atomic E-state index is -0.538. The van der Waals surface area contributed by atoms with Crippen molar-refractivity contribution in [3.63, 3.8) is 0 Å². The van der Waals surface area contributed by atoms with Gasteiger partial charge in [0.25, 0.3) is 11.6 Å². The Hall–Kier alpha value is -2.52. The van der Waals surface area contributed by atoms with Crippen LogP contribution in [0.15, 0.2) is 24.3 Å². The fourth-order valence-corrected chi connectivity index (χ4v) is 6.81. The van der Waals surface area contributed by atoms with Crippen molar-refractivity contribution >= 4 is 17.5 Å². The zero-order chi connectivity index (χ0) is 22.5. The summed E-state index contributed by atoms with van der Waals surface area (Å²) in [6.45, 7) is 2.27. The number of hydrogen-bond donors (Lipinski definition) is 2. The number of nitrogens with two attached hydrogens (primary N) is 1. The lowest BCUT2D eigenvalue weighted by Gasteiger charge is -2.59. The van der Waals surface area contributed by atoms with Crippen LogP contribution in [0.3, 0.4) is 0 Å². The lowest BCUT2D eigenvalue weighted by molar-refractivity contribution is -0.384. The van der Waals surface area contributed by atoms with Crippen LogP contribution in [0.1, 0.15) is 37.7 Å². The number of primary amides is 1. The van der Waals surface area contributed by atoms with E-state index < -0.39 is 11.0 Å². The molecule has 0 spiro atoms. The molecule has 3 unspecified atom stereocenters. The van der Waals surface area contributed by atoms with Crippen LogP contribution in [0, 0.1) is 33.3 Å². The van der Waals surface area contributed by atoms with E-state index in [1.807, 2.05) is 0 Å². The van der Waals surface area contributed by atoms with Gasteiger partial charge in [-0.2, -0.15) is 0 Å². The van der Waals surface area contributed by atoms with Gasteiger partial charge in [0.2, 0.25) is 5.91 Å². The number of nitrogens with one attached hydrogen (secondary N) is 1. The number of nitro groups is 1. The number of hydrogen-bond acceptors (Lipinski definition) is 6. The molecule has 172 valence electrons. The number of amides is 2. The molecule has 4 saturated carbocycles. The first-order valence-electron chi connectivity index (χ1n) is 11.5. The highest BCUT2D eigenvalue weighted by molar-refractivity contribution is 5.83. The summed E-state index contributed by atoms with van der Waals surface area (Å²) in [6, 6.07) is 6.62. The van der Waals surface area contributed by atoms with Crippen molar-refractivity contribution in [1.29, 1.82) is 0 Å². The maximum atomic E-state index is 13.1. The Labute approximate surface area is 186 Å². The standard InChI is InChI=1S/C23H30N4O5/c24-22(29)23-9-15-7-16(10-23)20(17(8-15)11-23)25-21(28)19-13-26(5-6-32-19)12-14-1-3-18(4-2-14)27(30)31/h1-4,15-17,19-20H,5-13H2,(H2,24,29)(H,25,28). The number of nitrogens with zero attached hydrogens (tertiary/aromatic N) is 2. The van der Waals surface area contributed by atoms with Gasteiger partial charge in [-0.3, -0.25) is 24.6 Å². The van der Waals surface area contributed by atoms with Gasteiger partial charge in [-0.05, 0) is 55.4 Å². The molecule has 9 heteroatoms. The Morgan fingerprint density at radius 3 is 2.50 bits per heavy atom. The number of non-ortho nitro benzene ring substituents is 1. The Morgan fingerprint density at radius 2 is 1.88 bits per heavy atom. The quantitative estimate of drug-likeness (QED) is 0.509. The molecule has 1 aromatic rings. The van der Waals surface area contributed by atoms with Crippen LogP contribution in [0.2, 0.25) is 0 Å². The highest BCUT2D eigenvalue weighted by atomic mass is 16.6. The summed E-state index contributed by atoms with van der Waals surface area (Å²) >= 11 is 0. The second-order valence-electron chi connectivity index (χ2n) is 10.2. The van der Waals surface area contributed by atoms with Gasteiger partial charge in [-0.1, -0.05) is 12.1 Å². The van der Waals surface area contributed by atoms with Crippen molar-refractivity contribution in [2.75, 3.05) is 19.7 Å². The van der Waals surface area contributed by atoms with Crippen LogP contribution >= 0.6 is 0 Å². The van der Waals surface area contributed by atoms with Crippen LogP contribution in [0.5, 0.6) is 0 Å². The van der Waals surface area contributed by atoms with Crippen molar-refractivity contribution < 1.29 is 19.2 Å². The minimum absolute atomic E-state index is 0.0711. The fraction of sp³-hybridized carbons (Fsp3) is 0.652. The number of benzene rings is 1. The predicted molar refractivity (Wildman–Crippen MR) is 115 cm³/mol. The van der Waals surface area contributed by atoms with Crippen LogP contribution in [0.25, 0.3) is 0 Å². The molecule has 3 atom stereocenters. The molecule has 1 heterocycles. The summed E-state index contributed by atoms with van der Waals surface area (Å²) in [4.78, 5) is 37.8. The summed E-state index contributed by atoms with van der Waals surface area (Å²) in [6.07, 6.45) is 4.09. The Bertz CT molecular complexity index is 903. The monoisotopic (exact) mass is 442 g/mol. The first kappa shape index (κ1) is 21.3. The Balaban J connectivity index is 1.19. The van der Waals surface area contributed by atoms with E-state index in [2.05, 4.69) is 10.2 Å². The first-order chi connectivity index (χ1) is 15.3. The third-order valence-corrected chi connectivity index (χ3v) is 8.10. The van der Waals surface area contributed by atoms with Gasteiger partial charge in [0.05, 0.1) is 11.5 Å². The molecular weight excluding hydrogens is 412 g/mol. The lowest BCUT2D eigenvalue weighted by atomic mass is 9.47. The molecule has 4 aliphatic carbocycles. The van der Waals surface area contributed by atoms with E-state index in [-0.39, 0.29) is 29.0 Å². The molecule has 1 saturated heterocycles. The van der Waals surface area contributed by atoms with E-state index in [9.17, 15) is 19.7 Å². The van der Waals surface area contributed by atoms with Crippen LogP contribution in [-0.2, 0) is 20.9 Å². The molecule has 5 aliphatic rings. The van der Waals surface area contributed by atoms with Crippen LogP contribution in [-0.4, -0.2) is 53.5 Å². The van der Waals surface area contributed by atoms with Crippen molar-refractivity contribution in [3.8, 4) is 0 Å². The number of rotatable bonds is 6. The Morgan fingerprint density at radius 1 is 1.19 bits per heavy atom. The first-order valence-corrected chi connectivity index (χ1v) is 11.5. The van der Waals surface area contributed by atoms with E-state index >= 15 is 0 Å². The summed E-state index contributed by atoms with van der Waals surface area (Å²) in [5, 5.41) is 14.1. The zero-order valence-electron chi connectivity index (χ0n) is 18.1. The molecule has 2 amide bonds. The fourth-order valence-electron chi connectivity index (χ4n) is 6.81. The Kier molecular flexibility index (Phi) is 5.41. The molecule has 6 rings (SSSR count). The number of carbonyl (C=O) groups is 2. The molecule has 1 aromatic carbocycles. The zero-order valence-corrected chi connectivity index (χ0v) is 18.1. The van der Waals surface area contributed by atoms with Crippen molar-refractivity contribution in [3.05, 3.63) is 39.9 Å². The van der Waals surface area contributed by atoms with Crippen LogP contribution < -0.4 is 11.1 Å². The number of nitro benzene ring substituents is 1. The van der Waals surface area contributed by atoms with Gasteiger partial charge in [0, 0.05) is 43.2 Å². The van der Waals surface area contributed by atoms with E-state index in [0.717, 1.165) is 37.7 Å². The second kappa shape index (κ2) is 8.12. The molecule has 5 fully saturated rings. The molecule has 3 N–H and O–H groups in total. The molecule has 0 radical (unpaired) electrons. The van der Waals surface area contributed by atoms with Gasteiger partial charge in [0.1, 0.15) is 6.10 Å². The number of morpholine rings is 1. The third kappa shape index (κ3) is 3.88. The van der Waals surface area contributed by atoms with E-state index in [0.29, 0.717) is 44.0 Å². The van der Waals surface area contributed by atoms with E-state index in [1.54, 1.807) is 12.1 Å². The van der Waals surface area contributed by atoms with Crippen molar-refractivity contribution in [1.82, 2.24) is 10.2 Å². The molecule has 0 aromatic heterocycles. The molecular formula is C23H30N4O5. The minimum Gasteiger partial charge on any atom is -0.369 e.